The molecule has 0 aliphatic rings. The zero-order valence-electron chi connectivity index (χ0n) is 12.8. The quantitative estimate of drug-likeness (QED) is 0.422. The Bertz CT molecular complexity index is 444. The number of unbranched alkanes of at least 4 members (excludes halogenated alkanes) is 2. The number of hydrogen-bond donors (Lipinski definition) is 0. The van der Waals surface area contributed by atoms with Crippen LogP contribution in [-0.2, 0) is 11.5 Å². The molecular weight excluding hydrogens is 343 g/mol. The third-order valence-electron chi connectivity index (χ3n) is 3.50. The summed E-state index contributed by atoms with van der Waals surface area (Å²) in [7, 11) is 0. The van der Waals surface area contributed by atoms with Gasteiger partial charge in [0.2, 0.25) is 0 Å². The van der Waals surface area contributed by atoms with Crippen molar-refractivity contribution in [1.29, 1.82) is 0 Å². The van der Waals surface area contributed by atoms with Gasteiger partial charge in [-0.2, -0.15) is 13.2 Å². The van der Waals surface area contributed by atoms with Crippen LogP contribution >= 0.6 is 15.9 Å². The lowest BCUT2D eigenvalue weighted by atomic mass is 10.1. The Morgan fingerprint density at radius 1 is 1.19 bits per heavy atom. The highest BCUT2D eigenvalue weighted by Crippen LogP contribution is 2.36. The molecule has 1 nitrogen and oxygen atoms in total. The number of hydrogen-bond acceptors (Lipinski definition) is 1. The summed E-state index contributed by atoms with van der Waals surface area (Å²) in [4.78, 5) is 2.04. The van der Waals surface area contributed by atoms with Gasteiger partial charge in [-0.3, -0.25) is 0 Å². The minimum atomic E-state index is -4.31. The summed E-state index contributed by atoms with van der Waals surface area (Å²) < 4.78 is 39.4. The molecule has 0 atom stereocenters. The zero-order valence-corrected chi connectivity index (χ0v) is 14.4. The maximum Gasteiger partial charge on any atom is 0.416 e. The standard InChI is InChI=1S/C16H23BrF3N/c1-4-5-6-9-21(12(2)3)14-8-7-13(11-17)15(10-14)16(18,19)20/h7-8,10,12H,4-6,9,11H2,1-3H3. The van der Waals surface area contributed by atoms with Crippen molar-refractivity contribution in [3.63, 3.8) is 0 Å². The van der Waals surface area contributed by atoms with Crippen molar-refractivity contribution in [2.75, 3.05) is 11.4 Å². The van der Waals surface area contributed by atoms with Gasteiger partial charge in [-0.1, -0.05) is 41.8 Å². The summed E-state index contributed by atoms with van der Waals surface area (Å²) >= 11 is 3.13. The van der Waals surface area contributed by atoms with E-state index in [0.29, 0.717) is 5.69 Å². The SMILES string of the molecule is CCCCCN(c1ccc(CBr)c(C(F)(F)F)c1)C(C)C. The molecule has 1 aromatic rings. The Morgan fingerprint density at radius 2 is 1.86 bits per heavy atom. The normalized spacial score (nSPS) is 12.0. The number of nitrogens with zero attached hydrogens (tertiary/aromatic N) is 1. The Balaban J connectivity index is 3.09. The van der Waals surface area contributed by atoms with Gasteiger partial charge in [0.25, 0.3) is 0 Å². The molecule has 0 bridgehead atoms. The summed E-state index contributed by atoms with van der Waals surface area (Å²) in [6.45, 7) is 6.93. The predicted octanol–water partition coefficient (Wildman–Crippen LogP) is 6.01. The van der Waals surface area contributed by atoms with E-state index in [0.717, 1.165) is 25.8 Å². The number of anilines is 1. The molecule has 0 spiro atoms. The van der Waals surface area contributed by atoms with Gasteiger partial charge in [-0.15, -0.1) is 0 Å². The van der Waals surface area contributed by atoms with E-state index in [1.807, 2.05) is 18.7 Å². The molecule has 0 aromatic heterocycles. The largest absolute Gasteiger partial charge is 0.416 e. The van der Waals surface area contributed by atoms with Crippen LogP contribution in [0.4, 0.5) is 18.9 Å². The molecule has 0 N–H and O–H groups in total. The fourth-order valence-corrected chi connectivity index (χ4v) is 2.83. The first-order chi connectivity index (χ1) is 9.81. The average Bonchev–Trinajstić information content (AvgIpc) is 2.41. The molecule has 0 aliphatic carbocycles. The van der Waals surface area contributed by atoms with Crippen molar-refractivity contribution in [3.05, 3.63) is 29.3 Å². The summed E-state index contributed by atoms with van der Waals surface area (Å²) in [5.74, 6) is 0. The van der Waals surface area contributed by atoms with Crippen LogP contribution in [-0.4, -0.2) is 12.6 Å². The minimum Gasteiger partial charge on any atom is -0.369 e. The fourth-order valence-electron chi connectivity index (χ4n) is 2.34. The second kappa shape index (κ2) is 8.06. The van der Waals surface area contributed by atoms with E-state index in [4.69, 9.17) is 0 Å². The van der Waals surface area contributed by atoms with Gasteiger partial charge in [0.1, 0.15) is 0 Å². The molecule has 1 rings (SSSR count). The van der Waals surface area contributed by atoms with Crippen molar-refractivity contribution in [2.24, 2.45) is 0 Å². The third-order valence-corrected chi connectivity index (χ3v) is 4.10. The van der Waals surface area contributed by atoms with Crippen LogP contribution in [0, 0.1) is 0 Å². The van der Waals surface area contributed by atoms with Crippen LogP contribution in [0.25, 0.3) is 0 Å². The van der Waals surface area contributed by atoms with E-state index < -0.39 is 11.7 Å². The Hall–Kier alpha value is -0.710. The molecule has 21 heavy (non-hydrogen) atoms. The van der Waals surface area contributed by atoms with Gasteiger partial charge in [0.15, 0.2) is 0 Å². The first-order valence-corrected chi connectivity index (χ1v) is 8.46. The van der Waals surface area contributed by atoms with Gasteiger partial charge in [-0.25, -0.2) is 0 Å². The van der Waals surface area contributed by atoms with Crippen LogP contribution in [0.1, 0.15) is 51.2 Å². The molecule has 0 amide bonds. The summed E-state index contributed by atoms with van der Waals surface area (Å²) in [6.07, 6.45) is -1.13. The van der Waals surface area contributed by atoms with Crippen LogP contribution in [0.3, 0.4) is 0 Å². The Kier molecular flexibility index (Phi) is 7.04. The first-order valence-electron chi connectivity index (χ1n) is 7.34. The molecule has 0 saturated carbocycles. The van der Waals surface area contributed by atoms with Crippen molar-refractivity contribution < 1.29 is 13.2 Å². The molecule has 0 heterocycles. The molecule has 0 saturated heterocycles. The second-order valence-electron chi connectivity index (χ2n) is 5.47. The molecule has 5 heteroatoms. The number of halogens is 4. The smallest absolute Gasteiger partial charge is 0.369 e. The lowest BCUT2D eigenvalue weighted by Gasteiger charge is -2.30. The van der Waals surface area contributed by atoms with Crippen molar-refractivity contribution in [3.8, 4) is 0 Å². The predicted molar refractivity (Wildman–Crippen MR) is 86.1 cm³/mol. The Morgan fingerprint density at radius 3 is 2.33 bits per heavy atom. The highest BCUT2D eigenvalue weighted by molar-refractivity contribution is 9.08. The number of alkyl halides is 4. The molecular formula is C16H23BrF3N. The second-order valence-corrected chi connectivity index (χ2v) is 6.03. The zero-order chi connectivity index (χ0) is 16.0. The van der Waals surface area contributed by atoms with Crippen molar-refractivity contribution >= 4 is 21.6 Å². The summed E-state index contributed by atoms with van der Waals surface area (Å²) in [6, 6.07) is 4.82. The van der Waals surface area contributed by atoms with Crippen molar-refractivity contribution in [2.45, 2.75) is 57.6 Å². The lowest BCUT2D eigenvalue weighted by Crippen LogP contribution is -2.32. The van der Waals surface area contributed by atoms with Crippen LogP contribution in [0.2, 0.25) is 0 Å². The fraction of sp³-hybridized carbons (Fsp3) is 0.625. The van der Waals surface area contributed by atoms with Crippen LogP contribution < -0.4 is 4.90 Å². The number of benzene rings is 1. The van der Waals surface area contributed by atoms with E-state index >= 15 is 0 Å². The van der Waals surface area contributed by atoms with Gasteiger partial charge < -0.3 is 4.90 Å². The molecule has 0 radical (unpaired) electrons. The summed E-state index contributed by atoms with van der Waals surface area (Å²) in [5.41, 5.74) is 0.389. The van der Waals surface area contributed by atoms with E-state index in [9.17, 15) is 13.2 Å². The highest BCUT2D eigenvalue weighted by Gasteiger charge is 2.33. The van der Waals surface area contributed by atoms with Crippen molar-refractivity contribution in [1.82, 2.24) is 0 Å². The maximum absolute atomic E-state index is 13.1. The average molecular weight is 366 g/mol. The van der Waals surface area contributed by atoms with E-state index in [1.165, 1.54) is 6.07 Å². The van der Waals surface area contributed by atoms with Crippen LogP contribution in [0.5, 0.6) is 0 Å². The summed E-state index contributed by atoms with van der Waals surface area (Å²) in [5, 5.41) is 0.208. The minimum absolute atomic E-state index is 0.178. The molecule has 120 valence electrons. The van der Waals surface area contributed by atoms with Gasteiger partial charge >= 0.3 is 6.18 Å². The van der Waals surface area contributed by atoms with E-state index in [-0.39, 0.29) is 16.9 Å². The van der Waals surface area contributed by atoms with Gasteiger partial charge in [0.05, 0.1) is 5.56 Å². The maximum atomic E-state index is 13.1. The topological polar surface area (TPSA) is 3.24 Å². The monoisotopic (exact) mass is 365 g/mol. The van der Waals surface area contributed by atoms with E-state index in [1.54, 1.807) is 12.1 Å². The lowest BCUT2D eigenvalue weighted by molar-refractivity contribution is -0.138. The first kappa shape index (κ1) is 18.3. The molecule has 0 unspecified atom stereocenters. The van der Waals surface area contributed by atoms with Gasteiger partial charge in [0, 0.05) is 23.6 Å². The highest BCUT2D eigenvalue weighted by atomic mass is 79.9. The van der Waals surface area contributed by atoms with Crippen LogP contribution in [0.15, 0.2) is 18.2 Å². The van der Waals surface area contributed by atoms with E-state index in [2.05, 4.69) is 22.9 Å². The Labute approximate surface area is 133 Å². The third kappa shape index (κ3) is 5.20. The molecule has 1 aromatic carbocycles. The number of rotatable bonds is 7. The van der Waals surface area contributed by atoms with Gasteiger partial charge in [-0.05, 0) is 38.0 Å². The molecule has 0 fully saturated rings. The molecule has 0 aliphatic heterocycles.